The molecule has 2 aliphatic heterocycles. The van der Waals surface area contributed by atoms with Crippen molar-refractivity contribution < 1.29 is 14.3 Å². The van der Waals surface area contributed by atoms with Gasteiger partial charge < -0.3 is 10.5 Å². The molecule has 0 aliphatic carbocycles. The maximum atomic E-state index is 12.2. The van der Waals surface area contributed by atoms with Gasteiger partial charge in [0.25, 0.3) is 11.8 Å². The number of rotatable bonds is 1. The Morgan fingerprint density at radius 3 is 2.70 bits per heavy atom. The first-order valence-electron chi connectivity index (χ1n) is 6.39. The summed E-state index contributed by atoms with van der Waals surface area (Å²) in [5.74, 6) is 5.18. The van der Waals surface area contributed by atoms with E-state index in [-0.39, 0.29) is 18.4 Å². The van der Waals surface area contributed by atoms with E-state index >= 15 is 0 Å². The molecular weight excluding hydrogens is 258 g/mol. The van der Waals surface area contributed by atoms with Crippen molar-refractivity contribution in [3.63, 3.8) is 0 Å². The van der Waals surface area contributed by atoms with Gasteiger partial charge in [0.2, 0.25) is 0 Å². The van der Waals surface area contributed by atoms with Crippen LogP contribution in [-0.2, 0) is 14.3 Å². The van der Waals surface area contributed by atoms with Crippen LogP contribution < -0.4 is 10.6 Å². The first-order valence-corrected chi connectivity index (χ1v) is 6.39. The average molecular weight is 271 g/mol. The van der Waals surface area contributed by atoms with Gasteiger partial charge in [0.05, 0.1) is 6.54 Å². The van der Waals surface area contributed by atoms with Gasteiger partial charge in [0.1, 0.15) is 18.0 Å². The lowest BCUT2D eigenvalue weighted by molar-refractivity contribution is -0.146. The Morgan fingerprint density at radius 1 is 1.35 bits per heavy atom. The van der Waals surface area contributed by atoms with Crippen LogP contribution in [0.15, 0.2) is 18.3 Å². The van der Waals surface area contributed by atoms with E-state index in [1.54, 1.807) is 12.1 Å². The molecule has 3 heterocycles. The summed E-state index contributed by atoms with van der Waals surface area (Å²) in [6.45, 7) is 0.247. The van der Waals surface area contributed by atoms with Gasteiger partial charge in [-0.25, -0.2) is 9.88 Å². The lowest BCUT2D eigenvalue weighted by Crippen LogP contribution is -2.52. The summed E-state index contributed by atoms with van der Waals surface area (Å²) in [4.78, 5) is 29.6. The number of aromatic nitrogens is 1. The number of hydrogen-bond acceptors (Lipinski definition) is 5. The Hall–Kier alpha value is -2.23. The molecule has 2 atom stereocenters. The van der Waals surface area contributed by atoms with Crippen LogP contribution in [0.1, 0.15) is 18.4 Å². The summed E-state index contributed by atoms with van der Waals surface area (Å²) >= 11 is 0. The van der Waals surface area contributed by atoms with Crippen LogP contribution in [0.5, 0.6) is 0 Å². The molecule has 0 radical (unpaired) electrons. The summed E-state index contributed by atoms with van der Waals surface area (Å²) in [7, 11) is 0. The fraction of sp³-hybridized carbons (Fsp3) is 0.357. The zero-order valence-electron chi connectivity index (χ0n) is 10.7. The second-order valence-corrected chi connectivity index (χ2v) is 4.61. The molecule has 1 aromatic heterocycles. The molecule has 2 saturated heterocycles. The van der Waals surface area contributed by atoms with Crippen LogP contribution >= 0.6 is 0 Å². The number of ether oxygens (including phenoxy) is 1. The van der Waals surface area contributed by atoms with Crippen LogP contribution in [0.25, 0.3) is 0 Å². The summed E-state index contributed by atoms with van der Waals surface area (Å²) in [5, 5.41) is 0. The van der Waals surface area contributed by atoms with E-state index in [4.69, 9.17) is 10.5 Å². The van der Waals surface area contributed by atoms with E-state index in [9.17, 15) is 9.59 Å². The largest absolute Gasteiger partial charge is 0.355 e. The Labute approximate surface area is 115 Å². The predicted octanol–water partition coefficient (Wildman–Crippen LogP) is -0.187. The molecule has 0 spiro atoms. The van der Waals surface area contributed by atoms with Crippen molar-refractivity contribution >= 4 is 17.6 Å². The highest BCUT2D eigenvalue weighted by atomic mass is 16.5. The molecule has 6 nitrogen and oxygen atoms in total. The Bertz CT molecular complexity index is 610. The van der Waals surface area contributed by atoms with E-state index in [1.807, 2.05) is 0 Å². The topological polar surface area (TPSA) is 85.5 Å². The number of nitrogens with zero attached hydrogens (tertiary/aromatic N) is 2. The van der Waals surface area contributed by atoms with Gasteiger partial charge in [-0.05, 0) is 25.0 Å². The number of pyridine rings is 1. The number of imide groups is 1. The van der Waals surface area contributed by atoms with Crippen LogP contribution in [0.3, 0.4) is 0 Å². The average Bonchev–Trinajstić information content (AvgIpc) is 2.91. The second-order valence-electron chi connectivity index (χ2n) is 4.61. The Balaban J connectivity index is 1.95. The number of nitrogens with two attached hydrogens (primary N) is 1. The molecule has 2 N–H and O–H groups in total. The van der Waals surface area contributed by atoms with Crippen molar-refractivity contribution in [2.45, 2.75) is 25.0 Å². The summed E-state index contributed by atoms with van der Waals surface area (Å²) in [5.41, 5.74) is 5.99. The minimum absolute atomic E-state index is 0.247. The third-order valence-electron chi connectivity index (χ3n) is 3.32. The summed E-state index contributed by atoms with van der Waals surface area (Å²) < 4.78 is 5.36. The molecular formula is C14H13N3O3. The molecule has 0 aromatic carbocycles. The summed E-state index contributed by atoms with van der Waals surface area (Å²) in [6.07, 6.45) is 1.63. The minimum atomic E-state index is -0.529. The van der Waals surface area contributed by atoms with Crippen molar-refractivity contribution in [1.82, 2.24) is 4.98 Å². The third kappa shape index (κ3) is 2.07. The molecule has 102 valence electrons. The number of carbonyl (C=O) groups is 2. The zero-order valence-corrected chi connectivity index (χ0v) is 10.7. The first kappa shape index (κ1) is 12.8. The molecule has 0 saturated carbocycles. The van der Waals surface area contributed by atoms with Gasteiger partial charge >= 0.3 is 0 Å². The molecule has 2 unspecified atom stereocenters. The number of carbonyl (C=O) groups excluding carboxylic acids is 2. The van der Waals surface area contributed by atoms with E-state index in [2.05, 4.69) is 16.8 Å². The normalized spacial score (nSPS) is 24.6. The van der Waals surface area contributed by atoms with Gasteiger partial charge in [-0.2, -0.15) is 0 Å². The smallest absolute Gasteiger partial charge is 0.264 e. The SMILES string of the molecule is NCC#Cc1ccnc(N2C(=O)C3CCC(O3)C2=O)c1. The number of anilines is 1. The van der Waals surface area contributed by atoms with Gasteiger partial charge in [-0.15, -0.1) is 0 Å². The van der Waals surface area contributed by atoms with Crippen molar-refractivity contribution in [3.8, 4) is 11.8 Å². The molecule has 1 aromatic rings. The summed E-state index contributed by atoms with van der Waals surface area (Å²) in [6, 6.07) is 3.32. The molecule has 2 amide bonds. The molecule has 2 aliphatic rings. The van der Waals surface area contributed by atoms with E-state index in [1.165, 1.54) is 6.20 Å². The van der Waals surface area contributed by atoms with Gasteiger partial charge in [0.15, 0.2) is 0 Å². The first-order chi connectivity index (χ1) is 9.70. The monoisotopic (exact) mass is 271 g/mol. The molecule has 20 heavy (non-hydrogen) atoms. The van der Waals surface area contributed by atoms with Crippen molar-refractivity contribution in [3.05, 3.63) is 23.9 Å². The lowest BCUT2D eigenvalue weighted by atomic mass is 10.2. The standard InChI is InChI=1S/C14H13N3O3/c15-6-1-2-9-5-7-16-12(8-9)17-13(18)10-3-4-11(20-10)14(17)19/h5,7-8,10-11H,3-4,6,15H2. The van der Waals surface area contributed by atoms with Gasteiger partial charge in [-0.1, -0.05) is 11.8 Å². The maximum Gasteiger partial charge on any atom is 0.264 e. The van der Waals surface area contributed by atoms with Crippen molar-refractivity contribution in [2.24, 2.45) is 5.73 Å². The highest BCUT2D eigenvalue weighted by Gasteiger charge is 2.47. The number of fused-ring (bicyclic) bond motifs is 2. The maximum absolute atomic E-state index is 12.2. The van der Waals surface area contributed by atoms with Crippen LogP contribution in [-0.4, -0.2) is 35.6 Å². The van der Waals surface area contributed by atoms with Crippen LogP contribution in [0.2, 0.25) is 0 Å². The van der Waals surface area contributed by atoms with Crippen molar-refractivity contribution in [1.29, 1.82) is 0 Å². The van der Waals surface area contributed by atoms with E-state index in [0.717, 1.165) is 4.90 Å². The van der Waals surface area contributed by atoms with Crippen LogP contribution in [0, 0.1) is 11.8 Å². The van der Waals surface area contributed by atoms with E-state index < -0.39 is 12.2 Å². The van der Waals surface area contributed by atoms with Crippen LogP contribution in [0.4, 0.5) is 5.82 Å². The quantitative estimate of drug-likeness (QED) is 0.565. The zero-order chi connectivity index (χ0) is 14.1. The fourth-order valence-electron chi connectivity index (χ4n) is 2.39. The molecule has 6 heteroatoms. The molecule has 2 fully saturated rings. The second kappa shape index (κ2) is 5.04. The van der Waals surface area contributed by atoms with Gasteiger partial charge in [0, 0.05) is 11.8 Å². The Kier molecular flexibility index (Phi) is 3.22. The lowest BCUT2D eigenvalue weighted by Gasteiger charge is -2.29. The highest BCUT2D eigenvalue weighted by molar-refractivity contribution is 6.19. The third-order valence-corrected chi connectivity index (χ3v) is 3.32. The van der Waals surface area contributed by atoms with E-state index in [0.29, 0.717) is 24.2 Å². The molecule has 2 bridgehead atoms. The predicted molar refractivity (Wildman–Crippen MR) is 70.6 cm³/mol. The Morgan fingerprint density at radius 2 is 2.05 bits per heavy atom. The molecule has 3 rings (SSSR count). The highest BCUT2D eigenvalue weighted by Crippen LogP contribution is 2.30. The number of morpholine rings is 1. The van der Waals surface area contributed by atoms with Crippen molar-refractivity contribution in [2.75, 3.05) is 11.4 Å². The minimum Gasteiger partial charge on any atom is -0.355 e. The number of amides is 2. The fourth-order valence-corrected chi connectivity index (χ4v) is 2.39. The van der Waals surface area contributed by atoms with Gasteiger partial charge in [-0.3, -0.25) is 9.59 Å². The number of hydrogen-bond donors (Lipinski definition) is 1.